The van der Waals surface area contributed by atoms with Crippen molar-refractivity contribution in [1.29, 1.82) is 0 Å². The second kappa shape index (κ2) is 6.04. The third-order valence-electron chi connectivity index (χ3n) is 2.09. The molecule has 0 bridgehead atoms. The lowest BCUT2D eigenvalue weighted by molar-refractivity contribution is -0.486. The number of rotatable bonds is 6. The van der Waals surface area contributed by atoms with Gasteiger partial charge in [0.15, 0.2) is 0 Å². The van der Waals surface area contributed by atoms with Gasteiger partial charge in [0, 0.05) is 4.92 Å². The Kier molecular flexibility index (Phi) is 4.68. The fraction of sp³-hybridized carbons (Fsp3) is 0.400. The summed E-state index contributed by atoms with van der Waals surface area (Å²) in [4.78, 5) is 14.8. The van der Waals surface area contributed by atoms with E-state index in [9.17, 15) is 10.1 Å². The van der Waals surface area contributed by atoms with Gasteiger partial charge in [-0.25, -0.2) is 0 Å². The molecule has 1 N–H and O–H groups in total. The molecule has 0 saturated heterocycles. The molecule has 0 saturated carbocycles. The quantitative estimate of drug-likeness (QED) is 0.582. The van der Waals surface area contributed by atoms with Crippen LogP contribution in [0.25, 0.3) is 0 Å². The van der Waals surface area contributed by atoms with Gasteiger partial charge in [-0.15, -0.1) is 0 Å². The number of hydroxylamine groups is 1. The van der Waals surface area contributed by atoms with Gasteiger partial charge in [-0.05, 0) is 17.7 Å². The van der Waals surface area contributed by atoms with Gasteiger partial charge in [0.2, 0.25) is 6.54 Å². The Morgan fingerprint density at radius 3 is 2.81 bits per heavy atom. The van der Waals surface area contributed by atoms with Crippen LogP contribution in [-0.4, -0.2) is 25.7 Å². The average molecular weight is 226 g/mol. The van der Waals surface area contributed by atoms with E-state index in [1.807, 2.05) is 0 Å². The van der Waals surface area contributed by atoms with Gasteiger partial charge in [0.25, 0.3) is 0 Å². The molecular weight excluding hydrogens is 212 g/mol. The van der Waals surface area contributed by atoms with Crippen LogP contribution in [0.4, 0.5) is 0 Å². The molecular formula is C10H14N2O4. The van der Waals surface area contributed by atoms with Crippen LogP contribution in [0.15, 0.2) is 24.3 Å². The van der Waals surface area contributed by atoms with E-state index in [2.05, 4.69) is 5.48 Å². The first kappa shape index (κ1) is 12.4. The number of benzene rings is 1. The van der Waals surface area contributed by atoms with Crippen molar-refractivity contribution in [2.24, 2.45) is 0 Å². The minimum Gasteiger partial charge on any atom is -0.497 e. The summed E-state index contributed by atoms with van der Waals surface area (Å²) < 4.78 is 5.05. The Bertz CT molecular complexity index is 356. The molecule has 6 nitrogen and oxygen atoms in total. The number of hydrogen-bond acceptors (Lipinski definition) is 5. The average Bonchev–Trinajstić information content (AvgIpc) is 2.28. The normalized spacial score (nSPS) is 12.1. The minimum atomic E-state index is -0.491. The third kappa shape index (κ3) is 3.48. The largest absolute Gasteiger partial charge is 0.497 e. The monoisotopic (exact) mass is 226 g/mol. The molecule has 0 aliphatic heterocycles. The van der Waals surface area contributed by atoms with Crippen LogP contribution < -0.4 is 10.2 Å². The molecule has 16 heavy (non-hydrogen) atoms. The summed E-state index contributed by atoms with van der Waals surface area (Å²) >= 11 is 0. The lowest BCUT2D eigenvalue weighted by atomic mass is 10.1. The molecule has 0 fully saturated rings. The summed E-state index contributed by atoms with van der Waals surface area (Å²) in [5, 5.41) is 10.5. The van der Waals surface area contributed by atoms with Gasteiger partial charge >= 0.3 is 0 Å². The third-order valence-corrected chi connectivity index (χ3v) is 2.09. The second-order valence-electron chi connectivity index (χ2n) is 3.17. The standard InChI is InChI=1S/C10H14N2O4/c1-15-9-5-3-4-8(6-9)10(11-16-2)7-12(13)14/h3-6,10-11H,7H2,1-2H3/t10-/m0/s1. The molecule has 0 aromatic heterocycles. The predicted octanol–water partition coefficient (Wildman–Crippen LogP) is 1.16. The Hall–Kier alpha value is -1.66. The molecule has 1 aromatic rings. The molecule has 88 valence electrons. The molecule has 0 aliphatic carbocycles. The first-order chi connectivity index (χ1) is 7.67. The van der Waals surface area contributed by atoms with E-state index in [4.69, 9.17) is 9.57 Å². The zero-order valence-electron chi connectivity index (χ0n) is 9.17. The van der Waals surface area contributed by atoms with Gasteiger partial charge in [0.1, 0.15) is 11.8 Å². The Morgan fingerprint density at radius 2 is 2.25 bits per heavy atom. The van der Waals surface area contributed by atoms with Gasteiger partial charge < -0.3 is 9.57 Å². The van der Waals surface area contributed by atoms with Crippen molar-refractivity contribution in [1.82, 2.24) is 5.48 Å². The van der Waals surface area contributed by atoms with E-state index >= 15 is 0 Å². The van der Waals surface area contributed by atoms with E-state index in [1.165, 1.54) is 7.11 Å². The molecule has 1 rings (SSSR count). The summed E-state index contributed by atoms with van der Waals surface area (Å²) in [7, 11) is 2.97. The van der Waals surface area contributed by atoms with Crippen LogP contribution in [0.5, 0.6) is 5.75 Å². The number of ether oxygens (including phenoxy) is 1. The first-order valence-corrected chi connectivity index (χ1v) is 4.71. The van der Waals surface area contributed by atoms with Gasteiger partial charge in [-0.3, -0.25) is 10.1 Å². The fourth-order valence-electron chi connectivity index (χ4n) is 1.36. The number of nitrogens with one attached hydrogen (secondary N) is 1. The van der Waals surface area contributed by atoms with Crippen LogP contribution in [0.2, 0.25) is 0 Å². The topological polar surface area (TPSA) is 73.6 Å². The molecule has 0 aliphatic rings. The lowest BCUT2D eigenvalue weighted by Gasteiger charge is -2.14. The predicted molar refractivity (Wildman–Crippen MR) is 57.7 cm³/mol. The van der Waals surface area contributed by atoms with Gasteiger partial charge in [-0.2, -0.15) is 5.48 Å². The molecule has 0 unspecified atom stereocenters. The van der Waals surface area contributed by atoms with Crippen LogP contribution in [0.3, 0.4) is 0 Å². The van der Waals surface area contributed by atoms with E-state index in [0.29, 0.717) is 5.75 Å². The number of methoxy groups -OCH3 is 1. The van der Waals surface area contributed by atoms with Gasteiger partial charge in [0.05, 0.1) is 14.2 Å². The summed E-state index contributed by atoms with van der Waals surface area (Å²) in [6.45, 7) is -0.249. The number of nitrogens with zero attached hydrogens (tertiary/aromatic N) is 1. The molecule has 0 amide bonds. The minimum absolute atomic E-state index is 0.249. The highest BCUT2D eigenvalue weighted by molar-refractivity contribution is 5.30. The highest BCUT2D eigenvalue weighted by Crippen LogP contribution is 2.19. The number of hydrogen-bond donors (Lipinski definition) is 1. The maximum Gasteiger partial charge on any atom is 0.225 e. The summed E-state index contributed by atoms with van der Waals surface area (Å²) in [5.41, 5.74) is 3.33. The molecule has 1 aromatic carbocycles. The van der Waals surface area contributed by atoms with Crippen LogP contribution in [0.1, 0.15) is 11.6 Å². The SMILES string of the molecule is CON[C@@H](C[N+](=O)[O-])c1cccc(OC)c1. The van der Waals surface area contributed by atoms with Crippen molar-refractivity contribution in [3.05, 3.63) is 39.9 Å². The fourth-order valence-corrected chi connectivity index (χ4v) is 1.36. The Labute approximate surface area is 93.3 Å². The van der Waals surface area contributed by atoms with Crippen molar-refractivity contribution in [3.8, 4) is 5.75 Å². The van der Waals surface area contributed by atoms with E-state index < -0.39 is 11.0 Å². The summed E-state index contributed by atoms with van der Waals surface area (Å²) in [6.07, 6.45) is 0. The van der Waals surface area contributed by atoms with Crippen molar-refractivity contribution < 1.29 is 14.5 Å². The van der Waals surface area contributed by atoms with Crippen LogP contribution in [0, 0.1) is 10.1 Å². The maximum atomic E-state index is 10.5. The summed E-state index contributed by atoms with van der Waals surface area (Å²) in [5.74, 6) is 0.656. The molecule has 0 heterocycles. The van der Waals surface area contributed by atoms with Crippen LogP contribution >= 0.6 is 0 Å². The smallest absolute Gasteiger partial charge is 0.225 e. The van der Waals surface area contributed by atoms with Crippen molar-refractivity contribution in [2.75, 3.05) is 20.8 Å². The van der Waals surface area contributed by atoms with Crippen molar-refractivity contribution in [2.45, 2.75) is 6.04 Å². The first-order valence-electron chi connectivity index (χ1n) is 4.71. The highest BCUT2D eigenvalue weighted by Gasteiger charge is 2.17. The molecule has 0 spiro atoms. The van der Waals surface area contributed by atoms with E-state index in [1.54, 1.807) is 31.4 Å². The molecule has 6 heteroatoms. The lowest BCUT2D eigenvalue weighted by Crippen LogP contribution is -2.26. The zero-order valence-corrected chi connectivity index (χ0v) is 9.17. The molecule has 1 atom stereocenters. The van der Waals surface area contributed by atoms with Crippen molar-refractivity contribution >= 4 is 0 Å². The maximum absolute atomic E-state index is 10.5. The van der Waals surface area contributed by atoms with Crippen molar-refractivity contribution in [3.63, 3.8) is 0 Å². The Balaban J connectivity index is 2.86. The highest BCUT2D eigenvalue weighted by atomic mass is 16.6. The van der Waals surface area contributed by atoms with Gasteiger partial charge in [-0.1, -0.05) is 12.1 Å². The Morgan fingerprint density at radius 1 is 1.50 bits per heavy atom. The van der Waals surface area contributed by atoms with Crippen LogP contribution in [-0.2, 0) is 4.84 Å². The molecule has 0 radical (unpaired) electrons. The zero-order chi connectivity index (χ0) is 12.0. The van der Waals surface area contributed by atoms with E-state index in [-0.39, 0.29) is 6.54 Å². The number of nitro groups is 1. The summed E-state index contributed by atoms with van der Waals surface area (Å²) in [6, 6.07) is 6.58. The second-order valence-corrected chi connectivity index (χ2v) is 3.17. The van der Waals surface area contributed by atoms with E-state index in [0.717, 1.165) is 5.56 Å².